The van der Waals surface area contributed by atoms with Crippen molar-refractivity contribution in [1.29, 1.82) is 0 Å². The molecule has 2 heteroatoms. The summed E-state index contributed by atoms with van der Waals surface area (Å²) in [6, 6.07) is 0. The second-order valence-electron chi connectivity index (χ2n) is 4.32. The molecule has 0 saturated heterocycles. The molecule has 0 aromatic carbocycles. The van der Waals surface area contributed by atoms with Crippen LogP contribution in [0.25, 0.3) is 0 Å². The highest BCUT2D eigenvalue weighted by Crippen LogP contribution is 2.39. The van der Waals surface area contributed by atoms with Crippen LogP contribution < -0.4 is 0 Å². The standard InChI is InChI=1S/C9H18OSi/c1-5-8-6-9(8)7-10-11(2,3)4/h5,8-9H,1,6-7H2,2-4H3. The van der Waals surface area contributed by atoms with Crippen LogP contribution >= 0.6 is 0 Å². The largest absolute Gasteiger partial charge is 0.417 e. The Kier molecular flexibility index (Phi) is 2.55. The van der Waals surface area contributed by atoms with Crippen LogP contribution in [0.15, 0.2) is 12.7 Å². The molecule has 0 amide bonds. The molecule has 0 N–H and O–H groups in total. The van der Waals surface area contributed by atoms with Gasteiger partial charge in [-0.1, -0.05) is 6.08 Å². The van der Waals surface area contributed by atoms with E-state index >= 15 is 0 Å². The first-order valence-corrected chi connectivity index (χ1v) is 7.70. The highest BCUT2D eigenvalue weighted by molar-refractivity contribution is 6.69. The topological polar surface area (TPSA) is 9.23 Å². The molecule has 64 valence electrons. The molecule has 1 saturated carbocycles. The molecule has 1 fully saturated rings. The van der Waals surface area contributed by atoms with Crippen LogP contribution in [0, 0.1) is 11.8 Å². The molecular formula is C9H18OSi. The van der Waals surface area contributed by atoms with Crippen LogP contribution in [0.4, 0.5) is 0 Å². The average Bonchev–Trinajstić information content (AvgIpc) is 2.60. The Morgan fingerprint density at radius 1 is 1.55 bits per heavy atom. The summed E-state index contributed by atoms with van der Waals surface area (Å²) in [6.07, 6.45) is 3.35. The monoisotopic (exact) mass is 170 g/mol. The molecule has 2 atom stereocenters. The highest BCUT2D eigenvalue weighted by Gasteiger charge is 2.35. The van der Waals surface area contributed by atoms with Crippen LogP contribution in [-0.2, 0) is 4.43 Å². The maximum absolute atomic E-state index is 5.78. The molecule has 1 aliphatic carbocycles. The summed E-state index contributed by atoms with van der Waals surface area (Å²) in [4.78, 5) is 0. The molecule has 11 heavy (non-hydrogen) atoms. The maximum Gasteiger partial charge on any atom is 0.183 e. The van der Waals surface area contributed by atoms with Gasteiger partial charge in [-0.15, -0.1) is 6.58 Å². The maximum atomic E-state index is 5.78. The van der Waals surface area contributed by atoms with Crippen molar-refractivity contribution in [2.45, 2.75) is 26.1 Å². The molecular weight excluding hydrogens is 152 g/mol. The SMILES string of the molecule is C=CC1CC1CO[Si](C)(C)C. The molecule has 1 nitrogen and oxygen atoms in total. The summed E-state index contributed by atoms with van der Waals surface area (Å²) in [5, 5.41) is 0. The Hall–Kier alpha value is -0.0831. The summed E-state index contributed by atoms with van der Waals surface area (Å²) in [6.45, 7) is 11.4. The van der Waals surface area contributed by atoms with Crippen molar-refractivity contribution < 1.29 is 4.43 Å². The second-order valence-corrected chi connectivity index (χ2v) is 8.83. The smallest absolute Gasteiger partial charge is 0.183 e. The Balaban J connectivity index is 2.11. The fraction of sp³-hybridized carbons (Fsp3) is 0.778. The minimum absolute atomic E-state index is 0.756. The van der Waals surface area contributed by atoms with E-state index in [1.807, 2.05) is 0 Å². The predicted octanol–water partition coefficient (Wildman–Crippen LogP) is 2.66. The van der Waals surface area contributed by atoms with E-state index in [1.54, 1.807) is 0 Å². The highest BCUT2D eigenvalue weighted by atomic mass is 28.4. The molecule has 0 spiro atoms. The Morgan fingerprint density at radius 2 is 2.18 bits per heavy atom. The van der Waals surface area contributed by atoms with Gasteiger partial charge in [0.05, 0.1) is 0 Å². The lowest BCUT2D eigenvalue weighted by Crippen LogP contribution is -2.26. The van der Waals surface area contributed by atoms with E-state index in [-0.39, 0.29) is 0 Å². The molecule has 0 aromatic heterocycles. The minimum Gasteiger partial charge on any atom is -0.417 e. The van der Waals surface area contributed by atoms with Gasteiger partial charge in [0.15, 0.2) is 8.32 Å². The number of hydrogen-bond donors (Lipinski definition) is 0. The summed E-state index contributed by atoms with van der Waals surface area (Å²) in [5.74, 6) is 1.55. The van der Waals surface area contributed by atoms with Gasteiger partial charge in [0.1, 0.15) is 0 Å². The van der Waals surface area contributed by atoms with Crippen molar-refractivity contribution in [3.8, 4) is 0 Å². The first-order valence-electron chi connectivity index (χ1n) is 4.29. The fourth-order valence-corrected chi connectivity index (χ4v) is 1.82. The van der Waals surface area contributed by atoms with Crippen molar-refractivity contribution >= 4 is 8.32 Å². The first-order chi connectivity index (χ1) is 5.03. The zero-order valence-corrected chi connectivity index (χ0v) is 8.76. The van der Waals surface area contributed by atoms with Crippen molar-refractivity contribution in [2.24, 2.45) is 11.8 Å². The van der Waals surface area contributed by atoms with Gasteiger partial charge in [0, 0.05) is 6.61 Å². The Morgan fingerprint density at radius 3 is 2.55 bits per heavy atom. The molecule has 0 bridgehead atoms. The number of allylic oxidation sites excluding steroid dienone is 1. The van der Waals surface area contributed by atoms with Crippen LogP contribution in [0.5, 0.6) is 0 Å². The van der Waals surface area contributed by atoms with E-state index in [2.05, 4.69) is 32.3 Å². The van der Waals surface area contributed by atoms with Crippen LogP contribution in [0.2, 0.25) is 19.6 Å². The lowest BCUT2D eigenvalue weighted by atomic mass is 10.3. The predicted molar refractivity (Wildman–Crippen MR) is 51.1 cm³/mol. The van der Waals surface area contributed by atoms with Gasteiger partial charge >= 0.3 is 0 Å². The molecule has 0 heterocycles. The van der Waals surface area contributed by atoms with Gasteiger partial charge in [0.25, 0.3) is 0 Å². The third-order valence-corrected chi connectivity index (χ3v) is 3.04. The summed E-state index contributed by atoms with van der Waals surface area (Å²) < 4.78 is 5.78. The lowest BCUT2D eigenvalue weighted by Gasteiger charge is -2.16. The number of hydrogen-bond acceptors (Lipinski definition) is 1. The van der Waals surface area contributed by atoms with E-state index < -0.39 is 8.32 Å². The van der Waals surface area contributed by atoms with E-state index in [0.717, 1.165) is 18.4 Å². The van der Waals surface area contributed by atoms with Gasteiger partial charge in [-0.3, -0.25) is 0 Å². The third-order valence-electron chi connectivity index (χ3n) is 2.01. The van der Waals surface area contributed by atoms with Crippen LogP contribution in [0.1, 0.15) is 6.42 Å². The summed E-state index contributed by atoms with van der Waals surface area (Å²) in [5.41, 5.74) is 0. The van der Waals surface area contributed by atoms with Crippen LogP contribution in [0.3, 0.4) is 0 Å². The Bertz CT molecular complexity index is 148. The molecule has 0 aromatic rings. The van der Waals surface area contributed by atoms with Crippen LogP contribution in [-0.4, -0.2) is 14.9 Å². The van der Waals surface area contributed by atoms with E-state index in [0.29, 0.717) is 0 Å². The van der Waals surface area contributed by atoms with Crippen molar-refractivity contribution in [1.82, 2.24) is 0 Å². The number of rotatable bonds is 4. The van der Waals surface area contributed by atoms with Gasteiger partial charge in [-0.2, -0.15) is 0 Å². The third kappa shape index (κ3) is 3.21. The van der Waals surface area contributed by atoms with E-state index in [4.69, 9.17) is 4.43 Å². The quantitative estimate of drug-likeness (QED) is 0.465. The van der Waals surface area contributed by atoms with Gasteiger partial charge in [-0.05, 0) is 37.9 Å². The lowest BCUT2D eigenvalue weighted by molar-refractivity contribution is 0.289. The van der Waals surface area contributed by atoms with Crippen molar-refractivity contribution in [2.75, 3.05) is 6.61 Å². The zero-order chi connectivity index (χ0) is 8.48. The molecule has 0 aliphatic heterocycles. The fourth-order valence-electron chi connectivity index (χ4n) is 1.11. The van der Waals surface area contributed by atoms with Gasteiger partial charge < -0.3 is 4.43 Å². The van der Waals surface area contributed by atoms with Crippen molar-refractivity contribution in [3.63, 3.8) is 0 Å². The molecule has 1 aliphatic rings. The molecule has 0 radical (unpaired) electrons. The minimum atomic E-state index is -1.26. The molecule has 1 rings (SSSR count). The zero-order valence-electron chi connectivity index (χ0n) is 7.76. The summed E-state index contributed by atoms with van der Waals surface area (Å²) in [7, 11) is -1.26. The van der Waals surface area contributed by atoms with Gasteiger partial charge in [0.2, 0.25) is 0 Å². The first kappa shape index (κ1) is 9.01. The van der Waals surface area contributed by atoms with Gasteiger partial charge in [-0.25, -0.2) is 0 Å². The van der Waals surface area contributed by atoms with E-state index in [1.165, 1.54) is 6.42 Å². The summed E-state index contributed by atoms with van der Waals surface area (Å²) >= 11 is 0. The van der Waals surface area contributed by atoms with Crippen molar-refractivity contribution in [3.05, 3.63) is 12.7 Å². The normalized spacial score (nSPS) is 30.1. The Labute approximate surface area is 70.6 Å². The second kappa shape index (κ2) is 3.11. The average molecular weight is 170 g/mol. The molecule has 2 unspecified atom stereocenters. The van der Waals surface area contributed by atoms with E-state index in [9.17, 15) is 0 Å².